The van der Waals surface area contributed by atoms with Crippen LogP contribution in [0.5, 0.6) is 0 Å². The summed E-state index contributed by atoms with van der Waals surface area (Å²) in [5, 5.41) is 5.71. The van der Waals surface area contributed by atoms with Gasteiger partial charge >= 0.3 is 0 Å². The zero-order valence-electron chi connectivity index (χ0n) is 11.8. The lowest BCUT2D eigenvalue weighted by molar-refractivity contribution is 0.199. The first kappa shape index (κ1) is 13.9. The number of aromatic nitrogens is 2. The van der Waals surface area contributed by atoms with E-state index in [1.165, 1.54) is 11.3 Å². The third-order valence-corrected chi connectivity index (χ3v) is 4.97. The van der Waals surface area contributed by atoms with Crippen molar-refractivity contribution in [1.29, 1.82) is 0 Å². The second-order valence-electron chi connectivity index (χ2n) is 5.27. The summed E-state index contributed by atoms with van der Waals surface area (Å²) >= 11 is 2.07. The molecule has 4 nitrogen and oxygen atoms in total. The molecule has 0 spiro atoms. The SMILES string of the molecule is Cc1c(C(CN)N2CC(C)SC(C)C2)cnn1C. The van der Waals surface area contributed by atoms with Gasteiger partial charge in [0.15, 0.2) is 0 Å². The number of thioether (sulfide) groups is 1. The average Bonchev–Trinajstić information content (AvgIpc) is 2.61. The predicted octanol–water partition coefficient (Wildman–Crippen LogP) is 1.55. The van der Waals surface area contributed by atoms with E-state index in [1.54, 1.807) is 0 Å². The summed E-state index contributed by atoms with van der Waals surface area (Å²) in [4.78, 5) is 2.52. The molecule has 102 valence electrons. The van der Waals surface area contributed by atoms with E-state index in [0.717, 1.165) is 13.1 Å². The van der Waals surface area contributed by atoms with Crippen LogP contribution in [0.15, 0.2) is 6.20 Å². The van der Waals surface area contributed by atoms with Gasteiger partial charge in [-0.15, -0.1) is 0 Å². The molecule has 3 atom stereocenters. The Morgan fingerprint density at radius 2 is 2.06 bits per heavy atom. The van der Waals surface area contributed by atoms with E-state index in [1.807, 2.05) is 17.9 Å². The van der Waals surface area contributed by atoms with E-state index < -0.39 is 0 Å². The topological polar surface area (TPSA) is 47.1 Å². The normalized spacial score (nSPS) is 27.4. The molecule has 18 heavy (non-hydrogen) atoms. The molecule has 0 bridgehead atoms. The molecule has 2 N–H and O–H groups in total. The highest BCUT2D eigenvalue weighted by atomic mass is 32.2. The van der Waals surface area contributed by atoms with Gasteiger partial charge in [0.05, 0.1) is 12.2 Å². The molecule has 0 radical (unpaired) electrons. The summed E-state index contributed by atoms with van der Waals surface area (Å²) in [6.07, 6.45) is 1.98. The Bertz CT molecular complexity index is 394. The van der Waals surface area contributed by atoms with E-state index in [2.05, 4.69) is 42.5 Å². The lowest BCUT2D eigenvalue weighted by Crippen LogP contribution is -2.44. The second kappa shape index (κ2) is 5.63. The molecule has 1 aliphatic heterocycles. The summed E-state index contributed by atoms with van der Waals surface area (Å²) < 4.78 is 1.93. The first-order valence-corrected chi connectivity index (χ1v) is 7.55. The molecule has 1 fully saturated rings. The second-order valence-corrected chi connectivity index (χ2v) is 7.15. The van der Waals surface area contributed by atoms with E-state index in [-0.39, 0.29) is 0 Å². The van der Waals surface area contributed by atoms with Gasteiger partial charge in [-0.25, -0.2) is 0 Å². The van der Waals surface area contributed by atoms with Crippen molar-refractivity contribution < 1.29 is 0 Å². The number of nitrogens with zero attached hydrogens (tertiary/aromatic N) is 3. The molecule has 1 saturated heterocycles. The fourth-order valence-electron chi connectivity index (χ4n) is 2.79. The fraction of sp³-hybridized carbons (Fsp3) is 0.769. The maximum absolute atomic E-state index is 6.02. The molecular formula is C13H24N4S. The van der Waals surface area contributed by atoms with Crippen molar-refractivity contribution in [2.45, 2.75) is 37.3 Å². The zero-order valence-corrected chi connectivity index (χ0v) is 12.6. The maximum atomic E-state index is 6.02. The summed E-state index contributed by atoms with van der Waals surface area (Å²) in [6.45, 7) is 9.62. The average molecular weight is 268 g/mol. The lowest BCUT2D eigenvalue weighted by Gasteiger charge is -2.39. The van der Waals surface area contributed by atoms with Gasteiger partial charge in [0, 0.05) is 48.4 Å². The summed E-state index contributed by atoms with van der Waals surface area (Å²) in [5.74, 6) is 0. The largest absolute Gasteiger partial charge is 0.329 e. The number of hydrogen-bond acceptors (Lipinski definition) is 4. The zero-order chi connectivity index (χ0) is 13.3. The molecule has 0 aliphatic carbocycles. The van der Waals surface area contributed by atoms with E-state index in [4.69, 9.17) is 5.73 Å². The maximum Gasteiger partial charge on any atom is 0.0540 e. The molecule has 2 heterocycles. The van der Waals surface area contributed by atoms with Crippen molar-refractivity contribution in [3.63, 3.8) is 0 Å². The van der Waals surface area contributed by atoms with Crippen LogP contribution in [-0.4, -0.2) is 44.8 Å². The van der Waals surface area contributed by atoms with Gasteiger partial charge in [0.25, 0.3) is 0 Å². The Balaban J connectivity index is 2.20. The smallest absolute Gasteiger partial charge is 0.0540 e. The van der Waals surface area contributed by atoms with Crippen LogP contribution in [-0.2, 0) is 7.05 Å². The molecular weight excluding hydrogens is 244 g/mol. The van der Waals surface area contributed by atoms with Gasteiger partial charge in [-0.1, -0.05) is 13.8 Å². The molecule has 2 rings (SSSR count). The van der Waals surface area contributed by atoms with Gasteiger partial charge in [0.1, 0.15) is 0 Å². The first-order valence-electron chi connectivity index (χ1n) is 6.61. The van der Waals surface area contributed by atoms with Gasteiger partial charge in [0.2, 0.25) is 0 Å². The van der Waals surface area contributed by atoms with Crippen molar-refractivity contribution in [2.75, 3.05) is 19.6 Å². The lowest BCUT2D eigenvalue weighted by atomic mass is 10.1. The summed E-state index contributed by atoms with van der Waals surface area (Å²) in [7, 11) is 1.99. The fourth-order valence-corrected chi connectivity index (χ4v) is 4.14. The van der Waals surface area contributed by atoms with Crippen LogP contribution >= 0.6 is 11.8 Å². The van der Waals surface area contributed by atoms with Crippen LogP contribution in [0.25, 0.3) is 0 Å². The Hall–Kier alpha value is -0.520. The predicted molar refractivity (Wildman–Crippen MR) is 77.8 cm³/mol. The Kier molecular flexibility index (Phi) is 4.35. The van der Waals surface area contributed by atoms with Gasteiger partial charge in [-0.2, -0.15) is 16.9 Å². The van der Waals surface area contributed by atoms with Crippen LogP contribution in [0.1, 0.15) is 31.1 Å². The first-order chi connectivity index (χ1) is 8.52. The Morgan fingerprint density at radius 3 is 2.50 bits per heavy atom. The highest BCUT2D eigenvalue weighted by Gasteiger charge is 2.29. The van der Waals surface area contributed by atoms with Crippen LogP contribution in [0.4, 0.5) is 0 Å². The molecule has 0 saturated carbocycles. The molecule has 0 aromatic carbocycles. The summed E-state index contributed by atoms with van der Waals surface area (Å²) in [6, 6.07) is 0.310. The molecule has 1 aliphatic rings. The van der Waals surface area contributed by atoms with Crippen molar-refractivity contribution in [3.8, 4) is 0 Å². The standard InChI is InChI=1S/C13H24N4S/c1-9-7-17(8-10(2)18-9)13(5-14)12-6-15-16(4)11(12)3/h6,9-10,13H,5,7-8,14H2,1-4H3. The Morgan fingerprint density at radius 1 is 1.44 bits per heavy atom. The minimum atomic E-state index is 0.310. The van der Waals surface area contributed by atoms with E-state index >= 15 is 0 Å². The van der Waals surface area contributed by atoms with Crippen LogP contribution < -0.4 is 5.73 Å². The van der Waals surface area contributed by atoms with Crippen molar-refractivity contribution in [2.24, 2.45) is 12.8 Å². The highest BCUT2D eigenvalue weighted by molar-refractivity contribution is 8.00. The molecule has 3 unspecified atom stereocenters. The third kappa shape index (κ3) is 2.73. The van der Waals surface area contributed by atoms with Crippen LogP contribution in [0, 0.1) is 6.92 Å². The van der Waals surface area contributed by atoms with Gasteiger partial charge in [-0.05, 0) is 6.92 Å². The van der Waals surface area contributed by atoms with Crippen LogP contribution in [0.3, 0.4) is 0 Å². The summed E-state index contributed by atoms with van der Waals surface area (Å²) in [5.41, 5.74) is 8.53. The minimum absolute atomic E-state index is 0.310. The molecule has 1 aromatic rings. The Labute approximate surface area is 114 Å². The monoisotopic (exact) mass is 268 g/mol. The number of hydrogen-bond donors (Lipinski definition) is 1. The van der Waals surface area contributed by atoms with E-state index in [9.17, 15) is 0 Å². The van der Waals surface area contributed by atoms with Crippen molar-refractivity contribution in [1.82, 2.24) is 14.7 Å². The molecule has 1 aromatic heterocycles. The number of nitrogens with two attached hydrogens (primary N) is 1. The number of aryl methyl sites for hydroxylation is 1. The van der Waals surface area contributed by atoms with Gasteiger partial charge < -0.3 is 5.73 Å². The minimum Gasteiger partial charge on any atom is -0.329 e. The van der Waals surface area contributed by atoms with Crippen molar-refractivity contribution >= 4 is 11.8 Å². The van der Waals surface area contributed by atoms with E-state index in [0.29, 0.717) is 23.1 Å². The van der Waals surface area contributed by atoms with Crippen molar-refractivity contribution in [3.05, 3.63) is 17.5 Å². The van der Waals surface area contributed by atoms with Gasteiger partial charge in [-0.3, -0.25) is 9.58 Å². The molecule has 5 heteroatoms. The highest BCUT2D eigenvalue weighted by Crippen LogP contribution is 2.31. The molecule has 0 amide bonds. The van der Waals surface area contributed by atoms with Crippen LogP contribution in [0.2, 0.25) is 0 Å². The third-order valence-electron chi connectivity index (χ3n) is 3.74. The quantitative estimate of drug-likeness (QED) is 0.903. The number of rotatable bonds is 3.